The number of hydrogen-bond acceptors (Lipinski definition) is 5. The van der Waals surface area contributed by atoms with E-state index in [1.54, 1.807) is 11.7 Å². The van der Waals surface area contributed by atoms with Gasteiger partial charge in [0.1, 0.15) is 11.3 Å². The van der Waals surface area contributed by atoms with Gasteiger partial charge in [0.05, 0.1) is 6.10 Å². The molecule has 2 aromatic rings. The average molecular weight is 380 g/mol. The van der Waals surface area contributed by atoms with Crippen molar-refractivity contribution in [3.05, 3.63) is 26.7 Å². The number of aryl methyl sites for hydroxylation is 2. The zero-order chi connectivity index (χ0) is 20.2. The lowest BCUT2D eigenvalue weighted by atomic mass is 10.2. The summed E-state index contributed by atoms with van der Waals surface area (Å²) < 4.78 is 14.0. The van der Waals surface area contributed by atoms with Crippen LogP contribution in [0.25, 0.3) is 11.2 Å². The van der Waals surface area contributed by atoms with Crippen molar-refractivity contribution in [3.63, 3.8) is 0 Å². The minimum absolute atomic E-state index is 0.0391. The van der Waals surface area contributed by atoms with Crippen LogP contribution in [0.3, 0.4) is 0 Å². The maximum Gasteiger partial charge on any atom is 0.332 e. The molecular formula is C19H32N4O4. The Bertz CT molecular complexity index is 878. The van der Waals surface area contributed by atoms with Crippen LogP contribution in [0.15, 0.2) is 9.59 Å². The van der Waals surface area contributed by atoms with Crippen LogP contribution in [-0.4, -0.2) is 38.1 Å². The SMILES string of the molecule is CCCn1c(=O)c2[nH]c(CCC(C)OC(C)(C)OC)nc2n(CCC)c1=O. The fraction of sp³-hybridized carbons (Fsp3) is 0.737. The van der Waals surface area contributed by atoms with Gasteiger partial charge in [-0.2, -0.15) is 0 Å². The molecule has 1 unspecified atom stereocenters. The molecule has 152 valence electrons. The fourth-order valence-electron chi connectivity index (χ4n) is 3.11. The smallest absolute Gasteiger partial charge is 0.332 e. The monoisotopic (exact) mass is 380 g/mol. The number of hydrogen-bond donors (Lipinski definition) is 1. The van der Waals surface area contributed by atoms with E-state index in [0.29, 0.717) is 42.9 Å². The highest BCUT2D eigenvalue weighted by molar-refractivity contribution is 5.69. The predicted octanol–water partition coefficient (Wildman–Crippen LogP) is 2.43. The summed E-state index contributed by atoms with van der Waals surface area (Å²) in [6.45, 7) is 10.6. The first-order valence-corrected chi connectivity index (χ1v) is 9.69. The molecule has 2 rings (SSSR count). The molecule has 8 heteroatoms. The molecule has 0 aliphatic heterocycles. The molecule has 1 N–H and O–H groups in total. The van der Waals surface area contributed by atoms with Crippen LogP contribution in [0.1, 0.15) is 59.7 Å². The molecule has 0 saturated carbocycles. The minimum Gasteiger partial charge on any atom is -0.354 e. The number of ether oxygens (including phenoxy) is 2. The number of H-pyrrole nitrogens is 1. The van der Waals surface area contributed by atoms with Gasteiger partial charge >= 0.3 is 5.69 Å². The molecule has 0 aliphatic rings. The van der Waals surface area contributed by atoms with Crippen molar-refractivity contribution in [2.45, 2.75) is 85.3 Å². The highest BCUT2D eigenvalue weighted by atomic mass is 16.7. The van der Waals surface area contributed by atoms with Crippen LogP contribution in [-0.2, 0) is 29.0 Å². The third-order valence-corrected chi connectivity index (χ3v) is 4.57. The molecule has 0 fully saturated rings. The predicted molar refractivity (Wildman–Crippen MR) is 105 cm³/mol. The van der Waals surface area contributed by atoms with Gasteiger partial charge in [0.15, 0.2) is 11.4 Å². The zero-order valence-corrected chi connectivity index (χ0v) is 17.3. The third kappa shape index (κ3) is 4.87. The number of nitrogens with one attached hydrogen (secondary N) is 1. The topological polar surface area (TPSA) is 91.1 Å². The van der Waals surface area contributed by atoms with Gasteiger partial charge in [-0.1, -0.05) is 13.8 Å². The lowest BCUT2D eigenvalue weighted by Crippen LogP contribution is -2.40. The van der Waals surface area contributed by atoms with Crippen molar-refractivity contribution in [3.8, 4) is 0 Å². The summed E-state index contributed by atoms with van der Waals surface area (Å²) in [7, 11) is 1.61. The fourth-order valence-corrected chi connectivity index (χ4v) is 3.11. The van der Waals surface area contributed by atoms with Crippen LogP contribution in [0.5, 0.6) is 0 Å². The Kier molecular flexibility index (Phi) is 7.00. The molecule has 8 nitrogen and oxygen atoms in total. The first-order chi connectivity index (χ1) is 12.7. The van der Waals surface area contributed by atoms with Gasteiger partial charge in [-0.3, -0.25) is 13.9 Å². The van der Waals surface area contributed by atoms with Gasteiger partial charge < -0.3 is 14.5 Å². The number of methoxy groups -OCH3 is 1. The third-order valence-electron chi connectivity index (χ3n) is 4.57. The van der Waals surface area contributed by atoms with E-state index in [4.69, 9.17) is 9.47 Å². The van der Waals surface area contributed by atoms with Crippen LogP contribution < -0.4 is 11.2 Å². The molecule has 0 aliphatic carbocycles. The summed E-state index contributed by atoms with van der Waals surface area (Å²) >= 11 is 0. The van der Waals surface area contributed by atoms with E-state index in [1.165, 1.54) is 4.57 Å². The van der Waals surface area contributed by atoms with Gasteiger partial charge in [0.2, 0.25) is 0 Å². The molecule has 1 atom stereocenters. The molecule has 0 bridgehead atoms. The first-order valence-electron chi connectivity index (χ1n) is 9.69. The average Bonchev–Trinajstić information content (AvgIpc) is 3.04. The first kappa shape index (κ1) is 21.4. The van der Waals surface area contributed by atoms with Crippen molar-refractivity contribution in [1.29, 1.82) is 0 Å². The van der Waals surface area contributed by atoms with E-state index in [1.807, 2.05) is 34.6 Å². The Morgan fingerprint density at radius 1 is 1.15 bits per heavy atom. The summed E-state index contributed by atoms with van der Waals surface area (Å²) in [6.07, 6.45) is 2.80. The molecule has 27 heavy (non-hydrogen) atoms. The summed E-state index contributed by atoms with van der Waals surface area (Å²) in [5.74, 6) is 0.0363. The lowest BCUT2D eigenvalue weighted by molar-refractivity contribution is -0.220. The van der Waals surface area contributed by atoms with Crippen LogP contribution in [0.4, 0.5) is 0 Å². The highest BCUT2D eigenvalue weighted by Crippen LogP contribution is 2.16. The largest absolute Gasteiger partial charge is 0.354 e. The van der Waals surface area contributed by atoms with Gasteiger partial charge in [0, 0.05) is 26.6 Å². The van der Waals surface area contributed by atoms with Crippen molar-refractivity contribution < 1.29 is 9.47 Å². The van der Waals surface area contributed by atoms with E-state index in [0.717, 1.165) is 12.8 Å². The second-order valence-electron chi connectivity index (χ2n) is 7.34. The second-order valence-corrected chi connectivity index (χ2v) is 7.34. The quantitative estimate of drug-likeness (QED) is 0.639. The van der Waals surface area contributed by atoms with Crippen molar-refractivity contribution >= 4 is 11.2 Å². The van der Waals surface area contributed by atoms with Crippen LogP contribution >= 0.6 is 0 Å². The van der Waals surface area contributed by atoms with E-state index in [9.17, 15) is 9.59 Å². The van der Waals surface area contributed by atoms with Gasteiger partial charge in [0.25, 0.3) is 5.56 Å². The molecule has 0 saturated heterocycles. The number of aromatic nitrogens is 4. The van der Waals surface area contributed by atoms with E-state index >= 15 is 0 Å². The minimum atomic E-state index is -0.650. The second kappa shape index (κ2) is 8.84. The van der Waals surface area contributed by atoms with Crippen molar-refractivity contribution in [2.75, 3.05) is 7.11 Å². The molecule has 0 spiro atoms. The van der Waals surface area contributed by atoms with Crippen molar-refractivity contribution in [2.24, 2.45) is 0 Å². The van der Waals surface area contributed by atoms with E-state index < -0.39 is 5.79 Å². The van der Waals surface area contributed by atoms with Crippen LogP contribution in [0.2, 0.25) is 0 Å². The molecule has 2 heterocycles. The Morgan fingerprint density at radius 2 is 1.78 bits per heavy atom. The summed E-state index contributed by atoms with van der Waals surface area (Å²) in [6, 6.07) is 0. The number of aromatic amines is 1. The number of nitrogens with zero attached hydrogens (tertiary/aromatic N) is 3. The molecule has 2 aromatic heterocycles. The van der Waals surface area contributed by atoms with Gasteiger partial charge in [-0.05, 0) is 40.0 Å². The number of fused-ring (bicyclic) bond motifs is 1. The van der Waals surface area contributed by atoms with Crippen molar-refractivity contribution in [1.82, 2.24) is 19.1 Å². The molecular weight excluding hydrogens is 348 g/mol. The maximum absolute atomic E-state index is 12.7. The summed E-state index contributed by atoms with van der Waals surface area (Å²) in [4.78, 5) is 33.1. The number of imidazole rings is 1. The van der Waals surface area contributed by atoms with Gasteiger partial charge in [-0.25, -0.2) is 9.78 Å². The Labute approximate surface area is 159 Å². The molecule has 0 amide bonds. The van der Waals surface area contributed by atoms with Gasteiger partial charge in [-0.15, -0.1) is 0 Å². The zero-order valence-electron chi connectivity index (χ0n) is 17.3. The summed E-state index contributed by atoms with van der Waals surface area (Å²) in [5, 5.41) is 0. The summed E-state index contributed by atoms with van der Waals surface area (Å²) in [5.41, 5.74) is 0.262. The Balaban J connectivity index is 2.33. The maximum atomic E-state index is 12.7. The van der Waals surface area contributed by atoms with E-state index in [2.05, 4.69) is 9.97 Å². The molecule has 0 aromatic carbocycles. The standard InChI is InChI=1S/C19H32N4O4/c1-7-11-22-16-15(17(24)23(12-8-2)18(22)25)20-14(21-16)10-9-13(3)27-19(4,5)26-6/h13H,7-12H2,1-6H3,(H,20,21). The van der Waals surface area contributed by atoms with E-state index in [-0.39, 0.29) is 17.4 Å². The molecule has 0 radical (unpaired) electrons. The van der Waals surface area contributed by atoms with Crippen LogP contribution in [0, 0.1) is 0 Å². The lowest BCUT2D eigenvalue weighted by Gasteiger charge is -2.27. The number of rotatable bonds is 10. The Hall–Kier alpha value is -1.93. The highest BCUT2D eigenvalue weighted by Gasteiger charge is 2.21. The Morgan fingerprint density at radius 3 is 2.37 bits per heavy atom. The normalized spacial score (nSPS) is 13.4.